The predicted octanol–water partition coefficient (Wildman–Crippen LogP) is 2.90. The highest BCUT2D eigenvalue weighted by atomic mass is 16.5. The highest BCUT2D eigenvalue weighted by Gasteiger charge is 2.24. The van der Waals surface area contributed by atoms with Crippen LogP contribution in [0.5, 0.6) is 0 Å². The fourth-order valence-electron chi connectivity index (χ4n) is 3.98. The highest BCUT2D eigenvalue weighted by molar-refractivity contribution is 5.76. The first-order chi connectivity index (χ1) is 11.6. The molecule has 2 atom stereocenters. The van der Waals surface area contributed by atoms with E-state index in [9.17, 15) is 4.79 Å². The Balaban J connectivity index is 1.37. The molecule has 0 saturated carbocycles. The van der Waals surface area contributed by atoms with Crippen molar-refractivity contribution in [2.24, 2.45) is 0 Å². The SMILES string of the molecule is CC1CC(NCCCC(=O)N2CCc3ccccc3C2)CC(C)O1. The molecular weight excluding hydrogens is 300 g/mol. The number of nitrogens with zero attached hydrogens (tertiary/aromatic N) is 1. The Labute approximate surface area is 145 Å². The summed E-state index contributed by atoms with van der Waals surface area (Å²) in [5, 5.41) is 3.61. The minimum absolute atomic E-state index is 0.292. The van der Waals surface area contributed by atoms with Crippen LogP contribution in [0.3, 0.4) is 0 Å². The molecule has 0 radical (unpaired) electrons. The number of nitrogens with one attached hydrogen (secondary N) is 1. The van der Waals surface area contributed by atoms with Crippen molar-refractivity contribution < 1.29 is 9.53 Å². The summed E-state index contributed by atoms with van der Waals surface area (Å²) in [7, 11) is 0. The first-order valence-corrected chi connectivity index (χ1v) is 9.35. The van der Waals surface area contributed by atoms with Gasteiger partial charge in [-0.2, -0.15) is 0 Å². The summed E-state index contributed by atoms with van der Waals surface area (Å²) < 4.78 is 5.77. The van der Waals surface area contributed by atoms with E-state index in [0.29, 0.717) is 30.6 Å². The van der Waals surface area contributed by atoms with Gasteiger partial charge in [0.05, 0.1) is 12.2 Å². The van der Waals surface area contributed by atoms with Crippen molar-refractivity contribution in [3.8, 4) is 0 Å². The molecule has 2 heterocycles. The third-order valence-corrected chi connectivity index (χ3v) is 5.18. The summed E-state index contributed by atoms with van der Waals surface area (Å²) in [6.07, 6.45) is 5.35. The number of carbonyl (C=O) groups excluding carboxylic acids is 1. The Hall–Kier alpha value is -1.39. The topological polar surface area (TPSA) is 41.6 Å². The molecule has 1 aromatic carbocycles. The average molecular weight is 330 g/mol. The zero-order valence-corrected chi connectivity index (χ0v) is 15.0. The Kier molecular flexibility index (Phi) is 5.90. The van der Waals surface area contributed by atoms with E-state index in [1.807, 2.05) is 4.90 Å². The van der Waals surface area contributed by atoms with E-state index in [1.54, 1.807) is 0 Å². The lowest BCUT2D eigenvalue weighted by molar-refractivity contribution is -0.132. The first-order valence-electron chi connectivity index (χ1n) is 9.35. The number of hydrogen-bond donors (Lipinski definition) is 1. The second kappa shape index (κ2) is 8.13. The van der Waals surface area contributed by atoms with Crippen molar-refractivity contribution in [2.45, 2.75) is 70.7 Å². The van der Waals surface area contributed by atoms with Gasteiger partial charge in [0, 0.05) is 25.6 Å². The van der Waals surface area contributed by atoms with Crippen LogP contribution in [0.1, 0.15) is 50.7 Å². The number of fused-ring (bicyclic) bond motifs is 1. The van der Waals surface area contributed by atoms with Crippen molar-refractivity contribution in [3.63, 3.8) is 0 Å². The summed E-state index contributed by atoms with van der Waals surface area (Å²) in [6, 6.07) is 8.99. The largest absolute Gasteiger partial charge is 0.375 e. The van der Waals surface area contributed by atoms with E-state index in [2.05, 4.69) is 43.4 Å². The van der Waals surface area contributed by atoms with Crippen LogP contribution in [0.4, 0.5) is 0 Å². The quantitative estimate of drug-likeness (QED) is 0.844. The van der Waals surface area contributed by atoms with Crippen LogP contribution < -0.4 is 5.32 Å². The lowest BCUT2D eigenvalue weighted by Gasteiger charge is -2.33. The van der Waals surface area contributed by atoms with Gasteiger partial charge in [-0.05, 0) is 57.2 Å². The van der Waals surface area contributed by atoms with Gasteiger partial charge in [-0.15, -0.1) is 0 Å². The number of carbonyl (C=O) groups is 1. The van der Waals surface area contributed by atoms with E-state index in [-0.39, 0.29) is 0 Å². The van der Waals surface area contributed by atoms with Crippen LogP contribution in [-0.2, 0) is 22.5 Å². The molecular formula is C20H30N2O2. The first kappa shape index (κ1) is 17.4. The maximum Gasteiger partial charge on any atom is 0.222 e. The van der Waals surface area contributed by atoms with Gasteiger partial charge in [0.25, 0.3) is 0 Å². The zero-order valence-electron chi connectivity index (χ0n) is 15.0. The van der Waals surface area contributed by atoms with Crippen molar-refractivity contribution in [2.75, 3.05) is 13.1 Å². The van der Waals surface area contributed by atoms with Gasteiger partial charge in [0.2, 0.25) is 5.91 Å². The molecule has 1 aromatic rings. The van der Waals surface area contributed by atoms with Crippen molar-refractivity contribution in [3.05, 3.63) is 35.4 Å². The number of amides is 1. The van der Waals surface area contributed by atoms with E-state index in [0.717, 1.165) is 45.3 Å². The number of hydrogen-bond acceptors (Lipinski definition) is 3. The summed E-state index contributed by atoms with van der Waals surface area (Å²) in [4.78, 5) is 14.5. The van der Waals surface area contributed by atoms with E-state index < -0.39 is 0 Å². The van der Waals surface area contributed by atoms with Gasteiger partial charge in [0.1, 0.15) is 0 Å². The Bertz CT molecular complexity index is 550. The smallest absolute Gasteiger partial charge is 0.222 e. The molecule has 4 nitrogen and oxygen atoms in total. The molecule has 1 amide bonds. The Morgan fingerprint density at radius 3 is 2.67 bits per heavy atom. The van der Waals surface area contributed by atoms with E-state index >= 15 is 0 Å². The van der Waals surface area contributed by atoms with Crippen molar-refractivity contribution in [1.82, 2.24) is 10.2 Å². The molecule has 1 N–H and O–H groups in total. The van der Waals surface area contributed by atoms with Crippen LogP contribution in [0.25, 0.3) is 0 Å². The molecule has 2 unspecified atom stereocenters. The predicted molar refractivity (Wildman–Crippen MR) is 95.8 cm³/mol. The molecule has 2 aliphatic heterocycles. The molecule has 132 valence electrons. The Morgan fingerprint density at radius 1 is 1.21 bits per heavy atom. The van der Waals surface area contributed by atoms with Crippen LogP contribution in [0.2, 0.25) is 0 Å². The van der Waals surface area contributed by atoms with Gasteiger partial charge in [0.15, 0.2) is 0 Å². The number of rotatable bonds is 5. The molecule has 1 saturated heterocycles. The Morgan fingerprint density at radius 2 is 1.92 bits per heavy atom. The van der Waals surface area contributed by atoms with E-state index in [1.165, 1.54) is 11.1 Å². The van der Waals surface area contributed by atoms with Crippen LogP contribution in [0, 0.1) is 0 Å². The second-order valence-corrected chi connectivity index (χ2v) is 7.32. The lowest BCUT2D eigenvalue weighted by Crippen LogP contribution is -2.42. The maximum absolute atomic E-state index is 12.4. The molecule has 4 heteroatoms. The maximum atomic E-state index is 12.4. The van der Waals surface area contributed by atoms with Crippen molar-refractivity contribution >= 4 is 5.91 Å². The van der Waals surface area contributed by atoms with Gasteiger partial charge in [-0.1, -0.05) is 24.3 Å². The van der Waals surface area contributed by atoms with Crippen molar-refractivity contribution in [1.29, 1.82) is 0 Å². The van der Waals surface area contributed by atoms with Gasteiger partial charge in [-0.25, -0.2) is 0 Å². The molecule has 24 heavy (non-hydrogen) atoms. The zero-order chi connectivity index (χ0) is 16.9. The molecule has 2 aliphatic rings. The van der Waals surface area contributed by atoms with Gasteiger partial charge >= 0.3 is 0 Å². The third kappa shape index (κ3) is 4.58. The minimum atomic E-state index is 0.292. The third-order valence-electron chi connectivity index (χ3n) is 5.18. The molecule has 0 bridgehead atoms. The average Bonchev–Trinajstić information content (AvgIpc) is 2.57. The van der Waals surface area contributed by atoms with Crippen LogP contribution >= 0.6 is 0 Å². The highest BCUT2D eigenvalue weighted by Crippen LogP contribution is 2.20. The van der Waals surface area contributed by atoms with E-state index in [4.69, 9.17) is 4.74 Å². The minimum Gasteiger partial charge on any atom is -0.375 e. The van der Waals surface area contributed by atoms with Crippen LogP contribution in [0.15, 0.2) is 24.3 Å². The standard InChI is InChI=1S/C20H30N2O2/c1-15-12-19(13-16(2)24-15)21-10-5-8-20(23)22-11-9-17-6-3-4-7-18(17)14-22/h3-4,6-7,15-16,19,21H,5,8-14H2,1-2H3. The number of ether oxygens (including phenoxy) is 1. The van der Waals surface area contributed by atoms with Gasteiger partial charge < -0.3 is 15.0 Å². The molecule has 1 fully saturated rings. The molecule has 0 aromatic heterocycles. The lowest BCUT2D eigenvalue weighted by atomic mass is 9.99. The molecule has 0 aliphatic carbocycles. The molecule has 3 rings (SSSR count). The number of benzene rings is 1. The second-order valence-electron chi connectivity index (χ2n) is 7.32. The fraction of sp³-hybridized carbons (Fsp3) is 0.650. The normalized spacial score (nSPS) is 26.9. The fourth-order valence-corrected chi connectivity index (χ4v) is 3.98. The monoisotopic (exact) mass is 330 g/mol. The summed E-state index contributed by atoms with van der Waals surface area (Å²) in [5.41, 5.74) is 2.70. The summed E-state index contributed by atoms with van der Waals surface area (Å²) >= 11 is 0. The van der Waals surface area contributed by atoms with Crippen LogP contribution in [-0.4, -0.2) is 42.1 Å². The molecule has 0 spiro atoms. The van der Waals surface area contributed by atoms with Gasteiger partial charge in [-0.3, -0.25) is 4.79 Å². The summed E-state index contributed by atoms with van der Waals surface area (Å²) in [5.74, 6) is 0.292. The summed E-state index contributed by atoms with van der Waals surface area (Å²) in [6.45, 7) is 6.83.